The second-order valence-corrected chi connectivity index (χ2v) is 3.48. The van der Waals surface area contributed by atoms with Gasteiger partial charge in [0.25, 0.3) is 0 Å². The van der Waals surface area contributed by atoms with Crippen molar-refractivity contribution in [2.75, 3.05) is 26.2 Å². The van der Waals surface area contributed by atoms with E-state index in [1.54, 1.807) is 12.2 Å². The van der Waals surface area contributed by atoms with Crippen molar-refractivity contribution in [1.82, 2.24) is 10.6 Å². The van der Waals surface area contributed by atoms with E-state index < -0.39 is 5.72 Å². The predicted octanol–water partition coefficient (Wildman–Crippen LogP) is -0.671. The maximum atomic E-state index is 9.01. The monoisotopic (exact) mass is 197 g/mol. The third-order valence-electron chi connectivity index (χ3n) is 2.03. The average molecular weight is 197 g/mol. The van der Waals surface area contributed by atoms with Crippen LogP contribution in [0.4, 0.5) is 0 Å². The Morgan fingerprint density at radius 1 is 1.07 bits per heavy atom. The SMILES string of the molecule is C1CNCCN1.NC1(O)C=CC=CC1. The van der Waals surface area contributed by atoms with Gasteiger partial charge in [-0.05, 0) is 6.08 Å². The molecule has 4 heteroatoms. The van der Waals surface area contributed by atoms with Crippen molar-refractivity contribution in [3.05, 3.63) is 24.3 Å². The van der Waals surface area contributed by atoms with Crippen LogP contribution in [0, 0.1) is 0 Å². The molecule has 4 nitrogen and oxygen atoms in total. The zero-order valence-electron chi connectivity index (χ0n) is 8.37. The Labute approximate surface area is 84.9 Å². The van der Waals surface area contributed by atoms with Crippen LogP contribution in [0.15, 0.2) is 24.3 Å². The largest absolute Gasteiger partial charge is 0.372 e. The molecule has 80 valence electrons. The van der Waals surface area contributed by atoms with Crippen LogP contribution in [-0.2, 0) is 0 Å². The second kappa shape index (κ2) is 5.93. The third kappa shape index (κ3) is 5.14. The van der Waals surface area contributed by atoms with Crippen LogP contribution in [0.25, 0.3) is 0 Å². The molecule has 1 fully saturated rings. The lowest BCUT2D eigenvalue weighted by Crippen LogP contribution is -2.39. The second-order valence-electron chi connectivity index (χ2n) is 3.48. The predicted molar refractivity (Wildman–Crippen MR) is 57.8 cm³/mol. The van der Waals surface area contributed by atoms with Gasteiger partial charge in [-0.1, -0.05) is 18.2 Å². The molecule has 1 heterocycles. The molecule has 0 aromatic heterocycles. The molecule has 5 N–H and O–H groups in total. The van der Waals surface area contributed by atoms with Crippen LogP contribution < -0.4 is 16.4 Å². The first-order valence-electron chi connectivity index (χ1n) is 4.98. The molecule has 0 radical (unpaired) electrons. The standard InChI is InChI=1S/C6H9NO.C4H10N2/c7-6(8)4-2-1-3-5-6;1-2-6-4-3-5-1/h1-4,8H,5,7H2;5-6H,1-4H2. The first kappa shape index (κ1) is 11.4. The molecule has 1 atom stereocenters. The lowest BCUT2D eigenvalue weighted by Gasteiger charge is -2.17. The van der Waals surface area contributed by atoms with Gasteiger partial charge in [0.15, 0.2) is 0 Å². The molecule has 0 saturated carbocycles. The summed E-state index contributed by atoms with van der Waals surface area (Å²) < 4.78 is 0. The van der Waals surface area contributed by atoms with E-state index in [0.717, 1.165) is 26.2 Å². The Morgan fingerprint density at radius 2 is 1.64 bits per heavy atom. The Morgan fingerprint density at radius 3 is 1.86 bits per heavy atom. The van der Waals surface area contributed by atoms with E-state index in [1.165, 1.54) is 0 Å². The van der Waals surface area contributed by atoms with E-state index in [4.69, 9.17) is 10.8 Å². The van der Waals surface area contributed by atoms with Gasteiger partial charge in [0.2, 0.25) is 0 Å². The van der Waals surface area contributed by atoms with Gasteiger partial charge in [-0.25, -0.2) is 0 Å². The van der Waals surface area contributed by atoms with E-state index in [1.807, 2.05) is 12.2 Å². The number of hydrogen-bond acceptors (Lipinski definition) is 4. The van der Waals surface area contributed by atoms with E-state index in [9.17, 15) is 0 Å². The number of hydrogen-bond donors (Lipinski definition) is 4. The summed E-state index contributed by atoms with van der Waals surface area (Å²) in [6.07, 6.45) is 7.53. The van der Waals surface area contributed by atoms with Crippen molar-refractivity contribution in [2.45, 2.75) is 12.1 Å². The first-order chi connectivity index (χ1) is 6.71. The first-order valence-corrected chi connectivity index (χ1v) is 4.98. The number of nitrogens with two attached hydrogens (primary N) is 1. The number of nitrogens with one attached hydrogen (secondary N) is 2. The molecule has 0 amide bonds. The van der Waals surface area contributed by atoms with Gasteiger partial charge in [-0.2, -0.15) is 0 Å². The third-order valence-corrected chi connectivity index (χ3v) is 2.03. The summed E-state index contributed by atoms with van der Waals surface area (Å²) in [5.74, 6) is 0. The minimum Gasteiger partial charge on any atom is -0.372 e. The summed E-state index contributed by atoms with van der Waals surface area (Å²) in [7, 11) is 0. The summed E-state index contributed by atoms with van der Waals surface area (Å²) >= 11 is 0. The molecular weight excluding hydrogens is 178 g/mol. The van der Waals surface area contributed by atoms with Crippen LogP contribution in [0.2, 0.25) is 0 Å². The topological polar surface area (TPSA) is 70.3 Å². The molecule has 0 aromatic rings. The number of piperazine rings is 1. The molecule has 2 aliphatic rings. The molecule has 0 spiro atoms. The minimum absolute atomic E-state index is 0.517. The Kier molecular flexibility index (Phi) is 4.82. The Bertz CT molecular complexity index is 196. The summed E-state index contributed by atoms with van der Waals surface area (Å²) in [5.41, 5.74) is 4.21. The molecule has 1 saturated heterocycles. The molecule has 1 aliphatic heterocycles. The number of rotatable bonds is 0. The molecule has 1 unspecified atom stereocenters. The highest BCUT2D eigenvalue weighted by molar-refractivity contribution is 5.15. The molecule has 1 aliphatic carbocycles. The quantitative estimate of drug-likeness (QED) is 0.389. The van der Waals surface area contributed by atoms with E-state index >= 15 is 0 Å². The highest BCUT2D eigenvalue weighted by Gasteiger charge is 2.14. The summed E-state index contributed by atoms with van der Waals surface area (Å²) in [5, 5.41) is 15.5. The fraction of sp³-hybridized carbons (Fsp3) is 0.600. The van der Waals surface area contributed by atoms with Crippen molar-refractivity contribution in [3.8, 4) is 0 Å². The van der Waals surface area contributed by atoms with Crippen LogP contribution in [-0.4, -0.2) is 37.0 Å². The summed E-state index contributed by atoms with van der Waals surface area (Å²) in [4.78, 5) is 0. The van der Waals surface area contributed by atoms with Crippen molar-refractivity contribution >= 4 is 0 Å². The smallest absolute Gasteiger partial charge is 0.136 e. The zero-order chi connectivity index (χ0) is 10.3. The lowest BCUT2D eigenvalue weighted by molar-refractivity contribution is 0.101. The highest BCUT2D eigenvalue weighted by atomic mass is 16.3. The maximum absolute atomic E-state index is 9.01. The number of allylic oxidation sites excluding steroid dienone is 2. The lowest BCUT2D eigenvalue weighted by atomic mass is 10.1. The van der Waals surface area contributed by atoms with Gasteiger partial charge < -0.3 is 21.5 Å². The molecule has 0 aromatic carbocycles. The van der Waals surface area contributed by atoms with Gasteiger partial charge in [0.1, 0.15) is 5.72 Å². The maximum Gasteiger partial charge on any atom is 0.136 e. The Hall–Kier alpha value is -0.680. The van der Waals surface area contributed by atoms with Crippen LogP contribution in [0.5, 0.6) is 0 Å². The van der Waals surface area contributed by atoms with Gasteiger partial charge in [-0.3, -0.25) is 0 Å². The summed E-state index contributed by atoms with van der Waals surface area (Å²) in [6, 6.07) is 0. The van der Waals surface area contributed by atoms with Gasteiger partial charge >= 0.3 is 0 Å². The molecule has 0 bridgehead atoms. The van der Waals surface area contributed by atoms with Crippen LogP contribution in [0.3, 0.4) is 0 Å². The van der Waals surface area contributed by atoms with Crippen LogP contribution in [0.1, 0.15) is 6.42 Å². The van der Waals surface area contributed by atoms with Gasteiger partial charge in [0, 0.05) is 32.6 Å². The molecular formula is C10H19N3O. The van der Waals surface area contributed by atoms with Gasteiger partial charge in [0.05, 0.1) is 0 Å². The van der Waals surface area contributed by atoms with Crippen molar-refractivity contribution in [2.24, 2.45) is 5.73 Å². The van der Waals surface area contributed by atoms with Crippen molar-refractivity contribution in [3.63, 3.8) is 0 Å². The number of aliphatic hydroxyl groups is 1. The average Bonchev–Trinajstić information content (AvgIpc) is 2.21. The van der Waals surface area contributed by atoms with Crippen molar-refractivity contribution < 1.29 is 5.11 Å². The highest BCUT2D eigenvalue weighted by Crippen LogP contribution is 2.09. The van der Waals surface area contributed by atoms with Crippen molar-refractivity contribution in [1.29, 1.82) is 0 Å². The van der Waals surface area contributed by atoms with E-state index in [2.05, 4.69) is 10.6 Å². The van der Waals surface area contributed by atoms with E-state index in [-0.39, 0.29) is 0 Å². The zero-order valence-corrected chi connectivity index (χ0v) is 8.37. The van der Waals surface area contributed by atoms with Crippen LogP contribution >= 0.6 is 0 Å². The van der Waals surface area contributed by atoms with E-state index in [0.29, 0.717) is 6.42 Å². The fourth-order valence-corrected chi connectivity index (χ4v) is 1.23. The summed E-state index contributed by atoms with van der Waals surface area (Å²) in [6.45, 7) is 4.56. The normalized spacial score (nSPS) is 30.7. The minimum atomic E-state index is -1.09. The molecule has 14 heavy (non-hydrogen) atoms. The van der Waals surface area contributed by atoms with Gasteiger partial charge in [-0.15, -0.1) is 0 Å². The Balaban J connectivity index is 0.000000146. The fourth-order valence-electron chi connectivity index (χ4n) is 1.23. The molecule has 2 rings (SSSR count).